The smallest absolute Gasteiger partial charge is 0.273 e. The van der Waals surface area contributed by atoms with E-state index in [1.807, 2.05) is 61.5 Å². The molecule has 0 fully saturated rings. The van der Waals surface area contributed by atoms with Gasteiger partial charge < -0.3 is 15.0 Å². The van der Waals surface area contributed by atoms with Crippen molar-refractivity contribution in [2.45, 2.75) is 37.8 Å². The summed E-state index contributed by atoms with van der Waals surface area (Å²) >= 11 is 6.31. The maximum absolute atomic E-state index is 14.5. The molecule has 0 aromatic heterocycles. The number of amides is 2. The van der Waals surface area contributed by atoms with Gasteiger partial charge in [0.2, 0.25) is 11.8 Å². The van der Waals surface area contributed by atoms with Gasteiger partial charge in [0.15, 0.2) is 0 Å². The zero-order valence-corrected chi connectivity index (χ0v) is 27.9. The van der Waals surface area contributed by atoms with Crippen molar-refractivity contribution < 1.29 is 27.7 Å². The van der Waals surface area contributed by atoms with E-state index in [0.717, 1.165) is 27.1 Å². The van der Waals surface area contributed by atoms with Gasteiger partial charge in [0.05, 0.1) is 22.6 Å². The van der Waals surface area contributed by atoms with E-state index in [1.54, 1.807) is 0 Å². The third-order valence-electron chi connectivity index (χ3n) is 7.61. The number of nitro groups is 1. The van der Waals surface area contributed by atoms with Crippen LogP contribution in [0, 0.1) is 24.0 Å². The molecule has 4 aromatic carbocycles. The topological polar surface area (TPSA) is 139 Å². The van der Waals surface area contributed by atoms with E-state index in [-0.39, 0.29) is 35.0 Å². The summed E-state index contributed by atoms with van der Waals surface area (Å²) in [5.74, 6) is -1.06. The first kappa shape index (κ1) is 34.9. The van der Waals surface area contributed by atoms with E-state index in [9.17, 15) is 28.1 Å². The zero-order chi connectivity index (χ0) is 34.3. The molecule has 1 N–H and O–H groups in total. The fourth-order valence-corrected chi connectivity index (χ4v) is 6.78. The fourth-order valence-electron chi connectivity index (χ4n) is 5.17. The number of ether oxygens (including phenoxy) is 1. The summed E-state index contributed by atoms with van der Waals surface area (Å²) in [5.41, 5.74) is 2.24. The number of carbonyl (C=O) groups is 2. The number of nitrogens with one attached hydrogen (secondary N) is 1. The summed E-state index contributed by atoms with van der Waals surface area (Å²) in [5, 5.41) is 14.5. The highest BCUT2D eigenvalue weighted by atomic mass is 35.5. The van der Waals surface area contributed by atoms with Crippen molar-refractivity contribution >= 4 is 44.8 Å². The number of hydrogen-bond acceptors (Lipinski definition) is 7. The third kappa shape index (κ3) is 8.27. The number of hydrogen-bond donors (Lipinski definition) is 1. The van der Waals surface area contributed by atoms with Gasteiger partial charge in [0.25, 0.3) is 15.7 Å². The van der Waals surface area contributed by atoms with Gasteiger partial charge in [-0.25, -0.2) is 8.42 Å². The van der Waals surface area contributed by atoms with Gasteiger partial charge in [-0.15, -0.1) is 0 Å². The minimum atomic E-state index is -4.65. The molecule has 0 spiro atoms. The Labute approximate surface area is 278 Å². The summed E-state index contributed by atoms with van der Waals surface area (Å²) in [6, 6.07) is 23.4. The van der Waals surface area contributed by atoms with Gasteiger partial charge in [-0.05, 0) is 49.2 Å². The molecule has 1 atom stereocenters. The lowest BCUT2D eigenvalue weighted by Crippen LogP contribution is -2.53. The molecule has 0 bridgehead atoms. The van der Waals surface area contributed by atoms with Crippen LogP contribution >= 0.6 is 11.6 Å². The highest BCUT2D eigenvalue weighted by molar-refractivity contribution is 7.92. The van der Waals surface area contributed by atoms with Gasteiger partial charge >= 0.3 is 0 Å². The Morgan fingerprint density at radius 1 is 0.957 bits per heavy atom. The molecule has 4 rings (SSSR count). The number of halogens is 1. The Kier molecular flexibility index (Phi) is 11.2. The van der Waals surface area contributed by atoms with E-state index in [2.05, 4.69) is 5.32 Å². The molecular formula is C34H35ClN4O7S. The summed E-state index contributed by atoms with van der Waals surface area (Å²) < 4.78 is 35.0. The number of aryl methyl sites for hydroxylation is 2. The van der Waals surface area contributed by atoms with E-state index >= 15 is 0 Å². The molecule has 2 amide bonds. The predicted molar refractivity (Wildman–Crippen MR) is 180 cm³/mol. The number of sulfonamides is 1. The average molecular weight is 679 g/mol. The van der Waals surface area contributed by atoms with E-state index in [4.69, 9.17) is 16.3 Å². The lowest BCUT2D eigenvalue weighted by Gasteiger charge is -2.34. The number of nitrogens with zero attached hydrogens (tertiary/aromatic N) is 3. The summed E-state index contributed by atoms with van der Waals surface area (Å²) in [4.78, 5) is 39.9. The first-order valence-electron chi connectivity index (χ1n) is 14.6. The highest BCUT2D eigenvalue weighted by Crippen LogP contribution is 2.36. The van der Waals surface area contributed by atoms with Gasteiger partial charge in [0.1, 0.15) is 18.3 Å². The fraction of sp³-hybridized carbons (Fsp3) is 0.235. The van der Waals surface area contributed by atoms with Crippen LogP contribution in [-0.4, -0.2) is 56.8 Å². The quantitative estimate of drug-likeness (QED) is 0.146. The van der Waals surface area contributed by atoms with Gasteiger partial charge in [-0.1, -0.05) is 77.8 Å². The zero-order valence-electron chi connectivity index (χ0n) is 26.3. The largest absolute Gasteiger partial charge is 0.495 e. The molecule has 0 aliphatic heterocycles. The molecule has 246 valence electrons. The minimum Gasteiger partial charge on any atom is -0.495 e. The molecular weight excluding hydrogens is 644 g/mol. The van der Waals surface area contributed by atoms with Crippen LogP contribution in [0.1, 0.15) is 22.3 Å². The van der Waals surface area contributed by atoms with Crippen LogP contribution in [0.3, 0.4) is 0 Å². The van der Waals surface area contributed by atoms with Crippen molar-refractivity contribution in [3.63, 3.8) is 0 Å². The Morgan fingerprint density at radius 2 is 1.66 bits per heavy atom. The molecule has 0 aliphatic rings. The monoisotopic (exact) mass is 678 g/mol. The molecule has 11 nitrogen and oxygen atoms in total. The Hall–Kier alpha value is -4.94. The first-order chi connectivity index (χ1) is 22.3. The molecule has 0 saturated carbocycles. The second kappa shape index (κ2) is 15.1. The molecule has 0 aliphatic carbocycles. The van der Waals surface area contributed by atoms with Gasteiger partial charge in [-0.2, -0.15) is 0 Å². The number of likely N-dealkylation sites (N-methyl/N-ethyl adjacent to an activating group) is 1. The van der Waals surface area contributed by atoms with Crippen molar-refractivity contribution in [1.29, 1.82) is 0 Å². The third-order valence-corrected chi connectivity index (χ3v) is 9.60. The number of benzene rings is 4. The predicted octanol–water partition coefficient (Wildman–Crippen LogP) is 5.46. The van der Waals surface area contributed by atoms with E-state index in [1.165, 1.54) is 56.3 Å². The Balaban J connectivity index is 1.88. The second-order valence-electron chi connectivity index (χ2n) is 10.9. The SMILES string of the molecule is CNC(=O)[C@@H](Cc1ccccc1)N(Cc1cccc(C)c1)C(=O)CN(c1cc(Cl)ccc1OC)S(=O)(=O)c1ccc(C)c([N+](=O)[O-])c1. The molecule has 0 unspecified atom stereocenters. The van der Waals surface area contributed by atoms with Crippen molar-refractivity contribution in [2.75, 3.05) is 25.0 Å². The number of rotatable bonds is 13. The lowest BCUT2D eigenvalue weighted by atomic mass is 10.0. The average Bonchev–Trinajstić information content (AvgIpc) is 3.05. The first-order valence-corrected chi connectivity index (χ1v) is 16.4. The normalized spacial score (nSPS) is 11.8. The molecule has 0 heterocycles. The Bertz CT molecular complexity index is 1890. The molecule has 4 aromatic rings. The van der Waals surface area contributed by atoms with Crippen molar-refractivity contribution in [2.24, 2.45) is 0 Å². The molecule has 0 radical (unpaired) electrons. The summed E-state index contributed by atoms with van der Waals surface area (Å²) in [7, 11) is -1.85. The van der Waals surface area contributed by atoms with Crippen LogP contribution in [0.4, 0.5) is 11.4 Å². The van der Waals surface area contributed by atoms with Crippen LogP contribution in [0.15, 0.2) is 95.9 Å². The molecule has 13 heteroatoms. The van der Waals surface area contributed by atoms with Crippen LogP contribution < -0.4 is 14.4 Å². The standard InChI is InChI=1S/C34H35ClN4O7S/c1-23-9-8-12-26(17-23)21-37(31(34(41)36-3)18-25-10-6-5-7-11-25)33(40)22-38(30-19-27(35)14-16-32(30)46-4)47(44,45)28-15-13-24(2)29(20-28)39(42)43/h5-17,19-20,31H,18,21-22H2,1-4H3,(H,36,41)/t31-/m1/s1. The minimum absolute atomic E-state index is 0.0119. The van der Waals surface area contributed by atoms with Crippen LogP contribution in [0.25, 0.3) is 0 Å². The molecule has 47 heavy (non-hydrogen) atoms. The maximum atomic E-state index is 14.5. The Morgan fingerprint density at radius 3 is 2.30 bits per heavy atom. The van der Waals surface area contributed by atoms with Crippen LogP contribution in [0.5, 0.6) is 5.75 Å². The maximum Gasteiger partial charge on any atom is 0.273 e. The van der Waals surface area contributed by atoms with Crippen LogP contribution in [0.2, 0.25) is 5.02 Å². The van der Waals surface area contributed by atoms with Gasteiger partial charge in [0, 0.05) is 36.7 Å². The van der Waals surface area contributed by atoms with Crippen LogP contribution in [-0.2, 0) is 32.6 Å². The van der Waals surface area contributed by atoms with Crippen molar-refractivity contribution in [3.8, 4) is 5.75 Å². The molecule has 0 saturated heterocycles. The van der Waals surface area contributed by atoms with Crippen molar-refractivity contribution in [1.82, 2.24) is 10.2 Å². The number of anilines is 1. The van der Waals surface area contributed by atoms with E-state index in [0.29, 0.717) is 0 Å². The summed E-state index contributed by atoms with van der Waals surface area (Å²) in [6.45, 7) is 2.60. The second-order valence-corrected chi connectivity index (χ2v) is 13.2. The number of carbonyl (C=O) groups excluding carboxylic acids is 2. The van der Waals surface area contributed by atoms with Crippen molar-refractivity contribution in [3.05, 3.63) is 128 Å². The summed E-state index contributed by atoms with van der Waals surface area (Å²) in [6.07, 6.45) is 0.148. The number of methoxy groups -OCH3 is 1. The lowest BCUT2D eigenvalue weighted by molar-refractivity contribution is -0.385. The van der Waals surface area contributed by atoms with E-state index < -0.39 is 49.9 Å². The highest BCUT2D eigenvalue weighted by Gasteiger charge is 2.36. The van der Waals surface area contributed by atoms with Gasteiger partial charge in [-0.3, -0.25) is 24.0 Å². The number of nitro benzene ring substituents is 1.